The lowest BCUT2D eigenvalue weighted by Crippen LogP contribution is -2.16. The number of anilines is 1. The summed E-state index contributed by atoms with van der Waals surface area (Å²) in [6.45, 7) is 0. The van der Waals surface area contributed by atoms with Crippen molar-refractivity contribution >= 4 is 40.1 Å². The maximum Gasteiger partial charge on any atom is 0.257 e. The number of amides is 1. The Bertz CT molecular complexity index is 1020. The van der Waals surface area contributed by atoms with Crippen LogP contribution >= 0.6 is 22.6 Å². The molecule has 4 rings (SSSR count). The van der Waals surface area contributed by atoms with Gasteiger partial charge in [0.1, 0.15) is 0 Å². The lowest BCUT2D eigenvalue weighted by molar-refractivity contribution is 0.102. The van der Waals surface area contributed by atoms with Crippen molar-refractivity contribution in [2.24, 2.45) is 0 Å². The van der Waals surface area contributed by atoms with Crippen molar-refractivity contribution in [2.75, 3.05) is 5.32 Å². The molecule has 1 aromatic heterocycles. The summed E-state index contributed by atoms with van der Waals surface area (Å²) in [5.74, 6) is 0.378. The Morgan fingerprint density at radius 3 is 2.56 bits per heavy atom. The molecule has 1 amide bonds. The van der Waals surface area contributed by atoms with Gasteiger partial charge >= 0.3 is 0 Å². The van der Waals surface area contributed by atoms with Crippen LogP contribution in [-0.2, 0) is 0 Å². The van der Waals surface area contributed by atoms with Crippen LogP contribution in [0.25, 0.3) is 17.0 Å². The summed E-state index contributed by atoms with van der Waals surface area (Å²) in [7, 11) is 0. The molecule has 1 aliphatic carbocycles. The van der Waals surface area contributed by atoms with Crippen LogP contribution in [0.15, 0.2) is 79.0 Å². The van der Waals surface area contributed by atoms with Gasteiger partial charge in [-0.25, -0.2) is 4.98 Å². The molecule has 0 unspecified atom stereocenters. The van der Waals surface area contributed by atoms with Gasteiger partial charge in [0.25, 0.3) is 5.91 Å². The van der Waals surface area contributed by atoms with Gasteiger partial charge in [0, 0.05) is 26.6 Å². The fourth-order valence-corrected chi connectivity index (χ4v) is 3.36. The van der Waals surface area contributed by atoms with Gasteiger partial charge in [0.15, 0.2) is 0 Å². The molecular weight excluding hydrogens is 449 g/mol. The molecule has 0 atom stereocenters. The van der Waals surface area contributed by atoms with E-state index in [9.17, 15) is 4.79 Å². The normalized spacial score (nSPS) is 13.3. The van der Waals surface area contributed by atoms with Gasteiger partial charge < -0.3 is 0 Å². The SMILES string of the molecule is O=C(Nc1nc(-c2ccccc2)cn1C1=CC=CCC1)c1ccc(I)cc1. The number of hydrogen-bond acceptors (Lipinski definition) is 2. The Balaban J connectivity index is 1.70. The predicted molar refractivity (Wildman–Crippen MR) is 117 cm³/mol. The Labute approximate surface area is 171 Å². The minimum Gasteiger partial charge on any atom is -0.292 e. The van der Waals surface area contributed by atoms with E-state index in [1.54, 1.807) is 0 Å². The van der Waals surface area contributed by atoms with E-state index >= 15 is 0 Å². The molecular formula is C22H18IN3O. The van der Waals surface area contributed by atoms with E-state index in [2.05, 4.69) is 40.1 Å². The zero-order chi connectivity index (χ0) is 18.6. The third-order valence-electron chi connectivity index (χ3n) is 4.41. The molecule has 0 saturated carbocycles. The first-order chi connectivity index (χ1) is 13.2. The minimum atomic E-state index is -0.162. The topological polar surface area (TPSA) is 46.9 Å². The van der Waals surface area contributed by atoms with Crippen LogP contribution in [0.4, 0.5) is 5.95 Å². The number of allylic oxidation sites excluding steroid dienone is 4. The molecule has 1 aliphatic rings. The number of carbonyl (C=O) groups excluding carboxylic acids is 1. The zero-order valence-corrected chi connectivity index (χ0v) is 16.8. The van der Waals surface area contributed by atoms with Crippen LogP contribution in [0.2, 0.25) is 0 Å². The highest BCUT2D eigenvalue weighted by Crippen LogP contribution is 2.27. The maximum absolute atomic E-state index is 12.7. The van der Waals surface area contributed by atoms with Gasteiger partial charge in [0.2, 0.25) is 5.95 Å². The molecule has 0 spiro atoms. The summed E-state index contributed by atoms with van der Waals surface area (Å²) in [5, 5.41) is 2.98. The van der Waals surface area contributed by atoms with E-state index in [-0.39, 0.29) is 5.91 Å². The number of rotatable bonds is 4. The molecule has 1 heterocycles. The number of aromatic nitrogens is 2. The highest BCUT2D eigenvalue weighted by molar-refractivity contribution is 14.1. The first-order valence-corrected chi connectivity index (χ1v) is 9.86. The van der Waals surface area contributed by atoms with Crippen molar-refractivity contribution < 1.29 is 4.79 Å². The molecule has 27 heavy (non-hydrogen) atoms. The van der Waals surface area contributed by atoms with E-state index in [4.69, 9.17) is 4.98 Å². The third kappa shape index (κ3) is 4.03. The number of nitrogens with zero attached hydrogens (tertiary/aromatic N) is 2. The molecule has 5 heteroatoms. The van der Waals surface area contributed by atoms with E-state index in [1.165, 1.54) is 0 Å². The van der Waals surface area contributed by atoms with Crippen molar-refractivity contribution in [3.8, 4) is 11.3 Å². The minimum absolute atomic E-state index is 0.162. The van der Waals surface area contributed by atoms with Gasteiger partial charge in [-0.2, -0.15) is 0 Å². The summed E-state index contributed by atoms with van der Waals surface area (Å²) in [6, 6.07) is 17.5. The monoisotopic (exact) mass is 467 g/mol. The van der Waals surface area contributed by atoms with Crippen molar-refractivity contribution in [1.29, 1.82) is 0 Å². The second-order valence-electron chi connectivity index (χ2n) is 6.27. The summed E-state index contributed by atoms with van der Waals surface area (Å²) in [4.78, 5) is 17.4. The van der Waals surface area contributed by atoms with E-state index in [0.717, 1.165) is 33.4 Å². The summed E-state index contributed by atoms with van der Waals surface area (Å²) < 4.78 is 3.08. The molecule has 4 nitrogen and oxygen atoms in total. The summed E-state index contributed by atoms with van der Waals surface area (Å²) in [6.07, 6.45) is 10.1. The quantitative estimate of drug-likeness (QED) is 0.508. The van der Waals surface area contributed by atoms with Crippen LogP contribution in [0.3, 0.4) is 0 Å². The number of nitrogens with one attached hydrogen (secondary N) is 1. The number of hydrogen-bond donors (Lipinski definition) is 1. The second kappa shape index (κ2) is 7.92. The first-order valence-electron chi connectivity index (χ1n) is 8.78. The fraction of sp³-hybridized carbons (Fsp3) is 0.0909. The standard InChI is InChI=1S/C22H18IN3O/c23-18-13-11-17(12-14-18)21(27)25-22-24-20(16-7-3-1-4-8-16)15-26(22)19-9-5-2-6-10-19/h1-5,7-9,11-15H,6,10H2,(H,24,25,27). The Morgan fingerprint density at radius 1 is 1.07 bits per heavy atom. The van der Waals surface area contributed by atoms with Crippen molar-refractivity contribution in [3.63, 3.8) is 0 Å². The Morgan fingerprint density at radius 2 is 1.85 bits per heavy atom. The largest absolute Gasteiger partial charge is 0.292 e. The Kier molecular flexibility index (Phi) is 5.20. The average molecular weight is 467 g/mol. The predicted octanol–water partition coefficient (Wildman–Crippen LogP) is 5.60. The molecule has 1 N–H and O–H groups in total. The summed E-state index contributed by atoms with van der Waals surface area (Å²) in [5.41, 5.74) is 3.59. The first kappa shape index (κ1) is 17.7. The van der Waals surface area contributed by atoms with Crippen molar-refractivity contribution in [1.82, 2.24) is 9.55 Å². The van der Waals surface area contributed by atoms with Crippen LogP contribution in [0.5, 0.6) is 0 Å². The van der Waals surface area contributed by atoms with Gasteiger partial charge in [-0.1, -0.05) is 42.5 Å². The van der Waals surface area contributed by atoms with Crippen molar-refractivity contribution in [2.45, 2.75) is 12.8 Å². The third-order valence-corrected chi connectivity index (χ3v) is 5.13. The molecule has 0 radical (unpaired) electrons. The average Bonchev–Trinajstić information content (AvgIpc) is 3.13. The number of carbonyl (C=O) groups is 1. The highest BCUT2D eigenvalue weighted by atomic mass is 127. The van der Waals surface area contributed by atoms with Gasteiger partial charge in [-0.3, -0.25) is 14.7 Å². The number of imidazole rings is 1. The van der Waals surface area contributed by atoms with Crippen LogP contribution in [-0.4, -0.2) is 15.5 Å². The number of benzene rings is 2. The zero-order valence-electron chi connectivity index (χ0n) is 14.6. The smallest absolute Gasteiger partial charge is 0.257 e. The van der Waals surface area contributed by atoms with Gasteiger partial charge in [-0.05, 0) is 65.8 Å². The maximum atomic E-state index is 12.7. The van der Waals surface area contributed by atoms with Crippen LogP contribution in [0.1, 0.15) is 23.2 Å². The fourth-order valence-electron chi connectivity index (χ4n) is 3.00. The van der Waals surface area contributed by atoms with Gasteiger partial charge in [0.05, 0.1) is 5.69 Å². The molecule has 134 valence electrons. The molecule has 2 aromatic carbocycles. The molecule has 0 bridgehead atoms. The van der Waals surface area contributed by atoms with Crippen molar-refractivity contribution in [3.05, 3.63) is 88.2 Å². The van der Waals surface area contributed by atoms with E-state index in [0.29, 0.717) is 11.5 Å². The molecule has 0 saturated heterocycles. The van der Waals surface area contributed by atoms with Crippen LogP contribution < -0.4 is 5.32 Å². The Hall–Kier alpha value is -2.67. The second-order valence-corrected chi connectivity index (χ2v) is 7.52. The lowest BCUT2D eigenvalue weighted by atomic mass is 10.1. The van der Waals surface area contributed by atoms with E-state index < -0.39 is 0 Å². The van der Waals surface area contributed by atoms with E-state index in [1.807, 2.05) is 71.4 Å². The van der Waals surface area contributed by atoms with Crippen LogP contribution in [0, 0.1) is 3.57 Å². The molecule has 0 aliphatic heterocycles. The molecule has 3 aromatic rings. The number of halogens is 1. The lowest BCUT2D eigenvalue weighted by Gasteiger charge is -2.13. The highest BCUT2D eigenvalue weighted by Gasteiger charge is 2.16. The van der Waals surface area contributed by atoms with Gasteiger partial charge in [-0.15, -0.1) is 0 Å². The molecule has 0 fully saturated rings. The summed E-state index contributed by atoms with van der Waals surface area (Å²) >= 11 is 2.23.